The summed E-state index contributed by atoms with van der Waals surface area (Å²) in [6, 6.07) is 0. The summed E-state index contributed by atoms with van der Waals surface area (Å²) in [7, 11) is 0. The highest BCUT2D eigenvalue weighted by Gasteiger charge is 1.67. The van der Waals surface area contributed by atoms with Crippen molar-refractivity contribution in [2.24, 2.45) is 11.5 Å². The first-order valence-electron chi connectivity index (χ1n) is 3.12. The van der Waals surface area contributed by atoms with Crippen LogP contribution in [-0.2, 0) is 0 Å². The third kappa shape index (κ3) is 7.40. The summed E-state index contributed by atoms with van der Waals surface area (Å²) in [6.45, 7) is 1.24. The molecule has 0 amide bonds. The molecule has 0 spiro atoms. The average molecular weight is 126 g/mol. The first-order valence-corrected chi connectivity index (χ1v) is 3.12. The van der Waals surface area contributed by atoms with Crippen LogP contribution in [0.2, 0.25) is 0 Å². The lowest BCUT2D eigenvalue weighted by Gasteiger charge is -1.80. The van der Waals surface area contributed by atoms with Crippen molar-refractivity contribution in [3.8, 4) is 0 Å². The molecule has 4 N–H and O–H groups in total. The van der Waals surface area contributed by atoms with E-state index >= 15 is 0 Å². The average Bonchev–Trinajstić information content (AvgIpc) is 1.89. The lowest BCUT2D eigenvalue weighted by atomic mass is 10.3. The van der Waals surface area contributed by atoms with Crippen molar-refractivity contribution in [3.05, 3.63) is 24.3 Å². The Morgan fingerprint density at radius 3 is 1.56 bits per heavy atom. The molecule has 9 heavy (non-hydrogen) atoms. The fourth-order valence-electron chi connectivity index (χ4n) is 0.463. The summed E-state index contributed by atoms with van der Waals surface area (Å²) in [5, 5.41) is 0. The maximum Gasteiger partial charge on any atom is 0.0106 e. The van der Waals surface area contributed by atoms with Crippen molar-refractivity contribution in [1.29, 1.82) is 0 Å². The zero-order valence-corrected chi connectivity index (χ0v) is 5.59. The first-order chi connectivity index (χ1) is 4.41. The fourth-order valence-corrected chi connectivity index (χ4v) is 0.463. The van der Waals surface area contributed by atoms with Gasteiger partial charge in [0.25, 0.3) is 0 Å². The van der Waals surface area contributed by atoms with Crippen LogP contribution in [0.4, 0.5) is 0 Å². The molecule has 0 fully saturated rings. The Kier molecular flexibility index (Phi) is 6.91. The minimum absolute atomic E-state index is 0.621. The molecule has 0 radical (unpaired) electrons. The van der Waals surface area contributed by atoms with E-state index in [9.17, 15) is 0 Å². The molecule has 0 aliphatic rings. The smallest absolute Gasteiger partial charge is 0.0106 e. The molecule has 0 aromatic carbocycles. The number of hydrogen-bond acceptors (Lipinski definition) is 2. The summed E-state index contributed by atoms with van der Waals surface area (Å²) >= 11 is 0. The van der Waals surface area contributed by atoms with Crippen LogP contribution in [-0.4, -0.2) is 13.1 Å². The van der Waals surface area contributed by atoms with Gasteiger partial charge in [-0.05, 0) is 6.42 Å². The van der Waals surface area contributed by atoms with E-state index in [-0.39, 0.29) is 0 Å². The summed E-state index contributed by atoms with van der Waals surface area (Å²) in [6.07, 6.45) is 8.84. The number of hydrogen-bond donors (Lipinski definition) is 2. The van der Waals surface area contributed by atoms with Gasteiger partial charge in [0.2, 0.25) is 0 Å². The normalized spacial score (nSPS) is 11.8. The van der Waals surface area contributed by atoms with Gasteiger partial charge in [0.1, 0.15) is 0 Å². The Morgan fingerprint density at radius 2 is 1.22 bits per heavy atom. The van der Waals surface area contributed by atoms with Crippen molar-refractivity contribution < 1.29 is 0 Å². The Morgan fingerprint density at radius 1 is 0.778 bits per heavy atom. The van der Waals surface area contributed by atoms with Gasteiger partial charge in [-0.2, -0.15) is 0 Å². The van der Waals surface area contributed by atoms with E-state index in [0.29, 0.717) is 13.1 Å². The van der Waals surface area contributed by atoms with Gasteiger partial charge in [-0.3, -0.25) is 0 Å². The minimum Gasteiger partial charge on any atom is -0.327 e. The number of allylic oxidation sites excluding steroid dienone is 2. The highest BCUT2D eigenvalue weighted by atomic mass is 14.5. The summed E-state index contributed by atoms with van der Waals surface area (Å²) in [5.74, 6) is 0. The molecular formula is C7H14N2. The van der Waals surface area contributed by atoms with E-state index in [1.807, 2.05) is 24.3 Å². The van der Waals surface area contributed by atoms with Crippen LogP contribution in [0.5, 0.6) is 0 Å². The van der Waals surface area contributed by atoms with Gasteiger partial charge in [0, 0.05) is 13.1 Å². The Labute approximate surface area is 56.2 Å². The maximum absolute atomic E-state index is 5.21. The number of nitrogens with two attached hydrogens (primary N) is 2. The molecule has 0 heterocycles. The van der Waals surface area contributed by atoms with Gasteiger partial charge in [-0.1, -0.05) is 24.3 Å². The van der Waals surface area contributed by atoms with Crippen LogP contribution in [0.25, 0.3) is 0 Å². The van der Waals surface area contributed by atoms with Gasteiger partial charge >= 0.3 is 0 Å². The lowest BCUT2D eigenvalue weighted by Crippen LogP contribution is -1.92. The second-order valence-electron chi connectivity index (χ2n) is 1.65. The highest BCUT2D eigenvalue weighted by molar-refractivity contribution is 4.93. The maximum atomic E-state index is 5.21. The van der Waals surface area contributed by atoms with Crippen LogP contribution in [0.3, 0.4) is 0 Å². The monoisotopic (exact) mass is 126 g/mol. The second-order valence-corrected chi connectivity index (χ2v) is 1.65. The van der Waals surface area contributed by atoms with Crippen LogP contribution in [0.1, 0.15) is 6.42 Å². The van der Waals surface area contributed by atoms with E-state index in [4.69, 9.17) is 11.5 Å². The molecule has 2 nitrogen and oxygen atoms in total. The Hall–Kier alpha value is -0.600. The molecule has 0 atom stereocenters. The van der Waals surface area contributed by atoms with E-state index in [1.165, 1.54) is 0 Å². The van der Waals surface area contributed by atoms with E-state index < -0.39 is 0 Å². The largest absolute Gasteiger partial charge is 0.327 e. The third-order valence-corrected chi connectivity index (χ3v) is 0.878. The Bertz CT molecular complexity index is 83.1. The van der Waals surface area contributed by atoms with Crippen LogP contribution >= 0.6 is 0 Å². The molecule has 52 valence electrons. The lowest BCUT2D eigenvalue weighted by molar-refractivity contribution is 1.21. The molecule has 0 aromatic rings. The minimum atomic E-state index is 0.621. The second kappa shape index (κ2) is 7.40. The van der Waals surface area contributed by atoms with Gasteiger partial charge < -0.3 is 11.5 Å². The third-order valence-electron chi connectivity index (χ3n) is 0.878. The van der Waals surface area contributed by atoms with Gasteiger partial charge in [0.15, 0.2) is 0 Å². The molecule has 0 saturated carbocycles. The summed E-state index contributed by atoms with van der Waals surface area (Å²) < 4.78 is 0. The molecule has 0 bridgehead atoms. The SMILES string of the molecule is NCC=CCC=CCN. The molecule has 0 unspecified atom stereocenters. The van der Waals surface area contributed by atoms with E-state index in [0.717, 1.165) is 6.42 Å². The van der Waals surface area contributed by atoms with Gasteiger partial charge in [0.05, 0.1) is 0 Å². The van der Waals surface area contributed by atoms with Crippen molar-refractivity contribution in [1.82, 2.24) is 0 Å². The van der Waals surface area contributed by atoms with E-state index in [2.05, 4.69) is 0 Å². The fraction of sp³-hybridized carbons (Fsp3) is 0.429. The van der Waals surface area contributed by atoms with E-state index in [1.54, 1.807) is 0 Å². The zero-order valence-electron chi connectivity index (χ0n) is 5.59. The van der Waals surface area contributed by atoms with Crippen molar-refractivity contribution in [2.75, 3.05) is 13.1 Å². The van der Waals surface area contributed by atoms with Gasteiger partial charge in [-0.15, -0.1) is 0 Å². The highest BCUT2D eigenvalue weighted by Crippen LogP contribution is 1.82. The topological polar surface area (TPSA) is 52.0 Å². The predicted molar refractivity (Wildman–Crippen MR) is 41.0 cm³/mol. The van der Waals surface area contributed by atoms with Gasteiger partial charge in [-0.25, -0.2) is 0 Å². The van der Waals surface area contributed by atoms with Crippen molar-refractivity contribution in [3.63, 3.8) is 0 Å². The van der Waals surface area contributed by atoms with Crippen LogP contribution in [0, 0.1) is 0 Å². The first kappa shape index (κ1) is 8.40. The van der Waals surface area contributed by atoms with Crippen LogP contribution in [0.15, 0.2) is 24.3 Å². The summed E-state index contributed by atoms with van der Waals surface area (Å²) in [5.41, 5.74) is 10.4. The molecule has 0 aliphatic heterocycles. The zero-order chi connectivity index (χ0) is 6.95. The molecule has 0 rings (SSSR count). The van der Waals surface area contributed by atoms with Crippen molar-refractivity contribution >= 4 is 0 Å². The predicted octanol–water partition coefficient (Wildman–Crippen LogP) is 0.406. The summed E-state index contributed by atoms with van der Waals surface area (Å²) in [4.78, 5) is 0. The standard InChI is InChI=1S/C7H14N2/c8-6-4-2-1-3-5-7-9/h2-5H,1,6-9H2. The van der Waals surface area contributed by atoms with Crippen molar-refractivity contribution in [2.45, 2.75) is 6.42 Å². The quantitative estimate of drug-likeness (QED) is 0.536. The molecule has 0 aromatic heterocycles. The molecule has 2 heteroatoms. The number of rotatable bonds is 4. The molecule has 0 aliphatic carbocycles. The molecular weight excluding hydrogens is 112 g/mol. The Balaban J connectivity index is 3.08. The molecule has 0 saturated heterocycles. The van der Waals surface area contributed by atoms with Crippen LogP contribution < -0.4 is 11.5 Å².